The van der Waals surface area contributed by atoms with Gasteiger partial charge in [0.2, 0.25) is 0 Å². The summed E-state index contributed by atoms with van der Waals surface area (Å²) in [6.07, 6.45) is 1.78. The highest BCUT2D eigenvalue weighted by Crippen LogP contribution is 2.26. The number of piperazine rings is 1. The number of thiophene rings is 1. The Hall–Kier alpha value is -2.18. The molecule has 3 aromatic rings. The molecule has 1 saturated heterocycles. The van der Waals surface area contributed by atoms with Gasteiger partial charge in [-0.2, -0.15) is 5.10 Å². The van der Waals surface area contributed by atoms with Crippen LogP contribution in [0.1, 0.15) is 4.88 Å². The standard InChI is InChI=1S/C18H20N4OS/c1-20-18(23)11-15(12-19-20)22-8-6-21(7-9-22)13-16-10-14-4-2-3-5-17(14)24-16/h2-5,10-12H,6-9,13H2,1H3. The van der Waals surface area contributed by atoms with Crippen LogP contribution in [0.4, 0.5) is 5.69 Å². The zero-order valence-electron chi connectivity index (χ0n) is 13.7. The number of benzene rings is 1. The van der Waals surface area contributed by atoms with Gasteiger partial charge in [0.1, 0.15) is 0 Å². The lowest BCUT2D eigenvalue weighted by atomic mass is 10.2. The van der Waals surface area contributed by atoms with Crippen molar-refractivity contribution in [3.63, 3.8) is 0 Å². The van der Waals surface area contributed by atoms with Crippen LogP contribution in [-0.4, -0.2) is 40.9 Å². The number of hydrogen-bond acceptors (Lipinski definition) is 5. The van der Waals surface area contributed by atoms with Crippen molar-refractivity contribution in [1.29, 1.82) is 0 Å². The lowest BCUT2D eigenvalue weighted by Gasteiger charge is -2.35. The van der Waals surface area contributed by atoms with Crippen molar-refractivity contribution in [2.45, 2.75) is 6.54 Å². The topological polar surface area (TPSA) is 41.4 Å². The summed E-state index contributed by atoms with van der Waals surface area (Å²) >= 11 is 1.88. The number of fused-ring (bicyclic) bond motifs is 1. The van der Waals surface area contributed by atoms with Gasteiger partial charge in [0, 0.05) is 55.4 Å². The minimum atomic E-state index is -0.0554. The molecule has 4 rings (SSSR count). The summed E-state index contributed by atoms with van der Waals surface area (Å²) in [7, 11) is 1.68. The number of rotatable bonds is 3. The first-order chi connectivity index (χ1) is 11.7. The Bertz CT molecular complexity index is 876. The van der Waals surface area contributed by atoms with Gasteiger partial charge in [0.25, 0.3) is 5.56 Å². The molecule has 1 aliphatic heterocycles. The fourth-order valence-electron chi connectivity index (χ4n) is 3.13. The molecule has 0 radical (unpaired) electrons. The molecule has 124 valence electrons. The summed E-state index contributed by atoms with van der Waals surface area (Å²) in [5.41, 5.74) is 0.875. The number of aromatic nitrogens is 2. The minimum absolute atomic E-state index is 0.0554. The monoisotopic (exact) mass is 340 g/mol. The second-order valence-electron chi connectivity index (χ2n) is 6.19. The van der Waals surface area contributed by atoms with Crippen molar-refractivity contribution in [2.24, 2.45) is 7.05 Å². The lowest BCUT2D eigenvalue weighted by Crippen LogP contribution is -2.46. The SMILES string of the molecule is Cn1ncc(N2CCN(Cc3cc4ccccc4s3)CC2)cc1=O. The molecule has 2 aromatic heterocycles. The van der Waals surface area contributed by atoms with Crippen molar-refractivity contribution < 1.29 is 0 Å². The summed E-state index contributed by atoms with van der Waals surface area (Å²) in [6, 6.07) is 12.5. The maximum absolute atomic E-state index is 11.7. The maximum atomic E-state index is 11.7. The van der Waals surface area contributed by atoms with E-state index in [0.717, 1.165) is 38.4 Å². The predicted octanol–water partition coefficient (Wildman–Crippen LogP) is 2.32. The Balaban J connectivity index is 1.40. The number of hydrogen-bond donors (Lipinski definition) is 0. The zero-order chi connectivity index (χ0) is 16.5. The van der Waals surface area contributed by atoms with Gasteiger partial charge in [0.05, 0.1) is 11.9 Å². The van der Waals surface area contributed by atoms with Crippen LogP contribution in [0.15, 0.2) is 47.4 Å². The zero-order valence-corrected chi connectivity index (χ0v) is 14.5. The van der Waals surface area contributed by atoms with Crippen LogP contribution < -0.4 is 10.5 Å². The third-order valence-corrected chi connectivity index (χ3v) is 5.65. The van der Waals surface area contributed by atoms with E-state index in [0.29, 0.717) is 0 Å². The molecule has 0 atom stereocenters. The smallest absolute Gasteiger partial charge is 0.268 e. The molecule has 3 heterocycles. The normalized spacial score (nSPS) is 16.0. The summed E-state index contributed by atoms with van der Waals surface area (Å²) in [5.74, 6) is 0. The molecule has 0 bridgehead atoms. The maximum Gasteiger partial charge on any atom is 0.268 e. The Morgan fingerprint density at radius 2 is 1.92 bits per heavy atom. The lowest BCUT2D eigenvalue weighted by molar-refractivity contribution is 0.252. The van der Waals surface area contributed by atoms with E-state index in [9.17, 15) is 4.79 Å². The van der Waals surface area contributed by atoms with Gasteiger partial charge >= 0.3 is 0 Å². The van der Waals surface area contributed by atoms with Crippen LogP contribution in [-0.2, 0) is 13.6 Å². The molecule has 0 amide bonds. The third-order valence-electron chi connectivity index (χ3n) is 4.55. The molecular weight excluding hydrogens is 320 g/mol. The quantitative estimate of drug-likeness (QED) is 0.734. The third kappa shape index (κ3) is 3.07. The van der Waals surface area contributed by atoms with Gasteiger partial charge in [-0.15, -0.1) is 11.3 Å². The van der Waals surface area contributed by atoms with Crippen LogP contribution in [0.2, 0.25) is 0 Å². The molecule has 5 nitrogen and oxygen atoms in total. The van der Waals surface area contributed by atoms with E-state index in [1.807, 2.05) is 11.3 Å². The number of aryl methyl sites for hydroxylation is 1. The molecule has 1 fully saturated rings. The molecule has 6 heteroatoms. The Kier molecular flexibility index (Phi) is 4.08. The van der Waals surface area contributed by atoms with Gasteiger partial charge in [-0.05, 0) is 17.5 Å². The second-order valence-corrected chi connectivity index (χ2v) is 7.36. The first-order valence-electron chi connectivity index (χ1n) is 8.17. The van der Waals surface area contributed by atoms with Gasteiger partial charge in [-0.25, -0.2) is 4.68 Å². The highest BCUT2D eigenvalue weighted by atomic mass is 32.1. The van der Waals surface area contributed by atoms with Crippen LogP contribution in [0.3, 0.4) is 0 Å². The Morgan fingerprint density at radius 1 is 1.12 bits per heavy atom. The van der Waals surface area contributed by atoms with Crippen molar-refractivity contribution in [1.82, 2.24) is 14.7 Å². The molecule has 0 spiro atoms. The molecule has 1 aromatic carbocycles. The highest BCUT2D eigenvalue weighted by molar-refractivity contribution is 7.19. The first-order valence-corrected chi connectivity index (χ1v) is 8.99. The summed E-state index contributed by atoms with van der Waals surface area (Å²) in [5, 5.41) is 5.45. The molecule has 24 heavy (non-hydrogen) atoms. The van der Waals surface area contributed by atoms with E-state index in [1.54, 1.807) is 19.3 Å². The van der Waals surface area contributed by atoms with Crippen LogP contribution in [0, 0.1) is 0 Å². The Labute approximate surface area is 144 Å². The van der Waals surface area contributed by atoms with Crippen molar-refractivity contribution in [2.75, 3.05) is 31.1 Å². The second kappa shape index (κ2) is 6.37. The molecular formula is C18H20N4OS. The molecule has 1 aliphatic rings. The number of anilines is 1. The first kappa shape index (κ1) is 15.4. The number of nitrogens with zero attached hydrogens (tertiary/aromatic N) is 4. The average Bonchev–Trinajstić information content (AvgIpc) is 3.00. The summed E-state index contributed by atoms with van der Waals surface area (Å²) in [4.78, 5) is 17.9. The van der Waals surface area contributed by atoms with E-state index in [2.05, 4.69) is 45.2 Å². The minimum Gasteiger partial charge on any atom is -0.368 e. The highest BCUT2D eigenvalue weighted by Gasteiger charge is 2.18. The summed E-state index contributed by atoms with van der Waals surface area (Å²) in [6.45, 7) is 4.87. The van der Waals surface area contributed by atoms with E-state index in [1.165, 1.54) is 19.6 Å². The predicted molar refractivity (Wildman–Crippen MR) is 98.8 cm³/mol. The van der Waals surface area contributed by atoms with E-state index < -0.39 is 0 Å². The van der Waals surface area contributed by atoms with Gasteiger partial charge in [0.15, 0.2) is 0 Å². The van der Waals surface area contributed by atoms with E-state index in [4.69, 9.17) is 0 Å². The van der Waals surface area contributed by atoms with Crippen molar-refractivity contribution in [3.05, 3.63) is 57.8 Å². The average molecular weight is 340 g/mol. The van der Waals surface area contributed by atoms with Crippen LogP contribution in [0.25, 0.3) is 10.1 Å². The van der Waals surface area contributed by atoms with Gasteiger partial charge in [-0.1, -0.05) is 18.2 Å². The van der Waals surface area contributed by atoms with Crippen molar-refractivity contribution >= 4 is 27.1 Å². The van der Waals surface area contributed by atoms with E-state index >= 15 is 0 Å². The molecule has 0 N–H and O–H groups in total. The fraction of sp³-hybridized carbons (Fsp3) is 0.333. The molecule has 0 unspecified atom stereocenters. The fourth-order valence-corrected chi connectivity index (χ4v) is 4.24. The molecule has 0 aliphatic carbocycles. The largest absolute Gasteiger partial charge is 0.368 e. The van der Waals surface area contributed by atoms with Crippen molar-refractivity contribution in [3.8, 4) is 0 Å². The molecule has 0 saturated carbocycles. The van der Waals surface area contributed by atoms with Gasteiger partial charge < -0.3 is 4.90 Å². The van der Waals surface area contributed by atoms with Crippen LogP contribution >= 0.6 is 11.3 Å². The van der Waals surface area contributed by atoms with Crippen LogP contribution in [0.5, 0.6) is 0 Å². The van der Waals surface area contributed by atoms with E-state index in [-0.39, 0.29) is 5.56 Å². The Morgan fingerprint density at radius 3 is 2.67 bits per heavy atom. The van der Waals surface area contributed by atoms with Gasteiger partial charge in [-0.3, -0.25) is 9.69 Å². The summed E-state index contributed by atoms with van der Waals surface area (Å²) < 4.78 is 2.72.